The van der Waals surface area contributed by atoms with Gasteiger partial charge in [0, 0.05) is 11.9 Å². The molecule has 0 aliphatic rings. The van der Waals surface area contributed by atoms with Crippen LogP contribution in [0, 0.1) is 0 Å². The van der Waals surface area contributed by atoms with Crippen LogP contribution in [0.25, 0.3) is 0 Å². The van der Waals surface area contributed by atoms with Crippen LogP contribution in [0.2, 0.25) is 0 Å². The Labute approximate surface area is 71.7 Å². The Morgan fingerprint density at radius 3 is 3.18 bits per heavy atom. The molecule has 0 saturated heterocycles. The molecule has 1 heterocycles. The van der Waals surface area contributed by atoms with Gasteiger partial charge < -0.3 is 5.32 Å². The highest BCUT2D eigenvalue weighted by atomic mass is 32.1. The predicted molar refractivity (Wildman–Crippen MR) is 48.7 cm³/mol. The van der Waals surface area contributed by atoms with E-state index < -0.39 is 0 Å². The molecule has 0 atom stereocenters. The van der Waals surface area contributed by atoms with Gasteiger partial charge in [-0.2, -0.15) is 0 Å². The maximum atomic E-state index is 4.17. The Balaban J connectivity index is 2.04. The zero-order chi connectivity index (χ0) is 7.94. The average Bonchev–Trinajstić information content (AvgIpc) is 2.50. The number of nitrogens with zero attached hydrogens (tertiary/aromatic N) is 1. The van der Waals surface area contributed by atoms with Crippen LogP contribution in [0.15, 0.2) is 10.9 Å². The van der Waals surface area contributed by atoms with E-state index in [4.69, 9.17) is 0 Å². The van der Waals surface area contributed by atoms with E-state index in [1.54, 1.807) is 11.3 Å². The molecule has 0 aromatic carbocycles. The van der Waals surface area contributed by atoms with E-state index in [1.165, 1.54) is 12.8 Å². The van der Waals surface area contributed by atoms with Crippen LogP contribution in [0.3, 0.4) is 0 Å². The van der Waals surface area contributed by atoms with Crippen molar-refractivity contribution in [2.24, 2.45) is 0 Å². The lowest BCUT2D eigenvalue weighted by atomic mass is 10.3. The molecule has 1 rings (SSSR count). The third-order valence-corrected chi connectivity index (χ3v) is 2.13. The van der Waals surface area contributed by atoms with Gasteiger partial charge in [-0.3, -0.25) is 0 Å². The van der Waals surface area contributed by atoms with Gasteiger partial charge in [0.2, 0.25) is 0 Å². The zero-order valence-corrected chi connectivity index (χ0v) is 7.66. The largest absolute Gasteiger partial charge is 0.311 e. The van der Waals surface area contributed by atoms with Gasteiger partial charge in [0.25, 0.3) is 0 Å². The predicted octanol–water partition coefficient (Wildman–Crippen LogP) is 2.03. The van der Waals surface area contributed by atoms with E-state index in [0.717, 1.165) is 18.8 Å². The van der Waals surface area contributed by atoms with E-state index in [2.05, 4.69) is 22.6 Å². The van der Waals surface area contributed by atoms with Gasteiger partial charge in [-0.05, 0) is 13.0 Å². The van der Waals surface area contributed by atoms with Crippen LogP contribution < -0.4 is 5.32 Å². The topological polar surface area (TPSA) is 24.9 Å². The van der Waals surface area contributed by atoms with Crippen molar-refractivity contribution in [1.82, 2.24) is 10.3 Å². The molecule has 3 heteroatoms. The number of thiazole rings is 1. The van der Waals surface area contributed by atoms with E-state index in [1.807, 2.05) is 5.51 Å². The highest BCUT2D eigenvalue weighted by Gasteiger charge is 1.91. The van der Waals surface area contributed by atoms with Crippen LogP contribution >= 0.6 is 11.3 Å². The van der Waals surface area contributed by atoms with Gasteiger partial charge in [-0.25, -0.2) is 4.98 Å². The maximum Gasteiger partial charge on any atom is 0.0795 e. The minimum Gasteiger partial charge on any atom is -0.311 e. The van der Waals surface area contributed by atoms with Crippen molar-refractivity contribution in [2.45, 2.75) is 26.3 Å². The standard InChI is InChI=1S/C8H14N2S/c1-2-3-4-9-5-8-6-11-7-10-8/h6-7,9H,2-5H2,1H3. The minimum absolute atomic E-state index is 0.920. The molecule has 0 aliphatic heterocycles. The molecule has 0 radical (unpaired) electrons. The van der Waals surface area contributed by atoms with E-state index >= 15 is 0 Å². The molecular weight excluding hydrogens is 156 g/mol. The van der Waals surface area contributed by atoms with E-state index in [0.29, 0.717) is 0 Å². The highest BCUT2D eigenvalue weighted by molar-refractivity contribution is 7.07. The molecule has 0 fully saturated rings. The summed E-state index contributed by atoms with van der Waals surface area (Å²) >= 11 is 1.65. The Hall–Kier alpha value is -0.410. The molecule has 2 nitrogen and oxygen atoms in total. The van der Waals surface area contributed by atoms with Crippen molar-refractivity contribution in [1.29, 1.82) is 0 Å². The Kier molecular flexibility index (Phi) is 4.16. The lowest BCUT2D eigenvalue weighted by Crippen LogP contribution is -2.14. The first-order valence-corrected chi connectivity index (χ1v) is 4.95. The molecular formula is C8H14N2S. The lowest BCUT2D eigenvalue weighted by molar-refractivity contribution is 0.635. The third-order valence-electron chi connectivity index (χ3n) is 1.50. The van der Waals surface area contributed by atoms with Gasteiger partial charge in [-0.15, -0.1) is 11.3 Å². The lowest BCUT2D eigenvalue weighted by Gasteiger charge is -1.99. The third kappa shape index (κ3) is 3.49. The van der Waals surface area contributed by atoms with Crippen molar-refractivity contribution < 1.29 is 0 Å². The molecule has 11 heavy (non-hydrogen) atoms. The molecule has 0 aliphatic carbocycles. The van der Waals surface area contributed by atoms with Crippen LogP contribution in [0.5, 0.6) is 0 Å². The smallest absolute Gasteiger partial charge is 0.0795 e. The summed E-state index contributed by atoms with van der Waals surface area (Å²) in [6.45, 7) is 4.22. The first-order valence-electron chi connectivity index (χ1n) is 4.01. The second-order valence-electron chi connectivity index (χ2n) is 2.51. The van der Waals surface area contributed by atoms with Crippen molar-refractivity contribution in [2.75, 3.05) is 6.54 Å². The van der Waals surface area contributed by atoms with Gasteiger partial charge in [0.1, 0.15) is 0 Å². The summed E-state index contributed by atoms with van der Waals surface area (Å²) in [6.07, 6.45) is 2.51. The minimum atomic E-state index is 0.920. The molecule has 1 N–H and O–H groups in total. The summed E-state index contributed by atoms with van der Waals surface area (Å²) in [5.41, 5.74) is 3.03. The molecule has 0 spiro atoms. The zero-order valence-electron chi connectivity index (χ0n) is 6.84. The number of nitrogens with one attached hydrogen (secondary N) is 1. The van der Waals surface area contributed by atoms with Crippen LogP contribution in [0.4, 0.5) is 0 Å². The fraction of sp³-hybridized carbons (Fsp3) is 0.625. The Bertz CT molecular complexity index is 172. The van der Waals surface area contributed by atoms with E-state index in [9.17, 15) is 0 Å². The second-order valence-corrected chi connectivity index (χ2v) is 3.23. The molecule has 1 aromatic heterocycles. The molecule has 0 amide bonds. The van der Waals surface area contributed by atoms with E-state index in [-0.39, 0.29) is 0 Å². The number of hydrogen-bond donors (Lipinski definition) is 1. The summed E-state index contributed by atoms with van der Waals surface area (Å²) in [5, 5.41) is 5.42. The number of rotatable bonds is 5. The Morgan fingerprint density at radius 2 is 2.55 bits per heavy atom. The summed E-state index contributed by atoms with van der Waals surface area (Å²) < 4.78 is 0. The SMILES string of the molecule is CCCCNCc1cscn1. The number of unbranched alkanes of at least 4 members (excludes halogenated alkanes) is 1. The first-order chi connectivity index (χ1) is 5.43. The number of hydrogen-bond acceptors (Lipinski definition) is 3. The van der Waals surface area contributed by atoms with Crippen LogP contribution in [-0.2, 0) is 6.54 Å². The van der Waals surface area contributed by atoms with Gasteiger partial charge in [0.05, 0.1) is 11.2 Å². The maximum absolute atomic E-state index is 4.17. The Morgan fingerprint density at radius 1 is 1.64 bits per heavy atom. The van der Waals surface area contributed by atoms with Crippen molar-refractivity contribution in [3.05, 3.63) is 16.6 Å². The fourth-order valence-electron chi connectivity index (χ4n) is 0.843. The first kappa shape index (κ1) is 8.68. The quantitative estimate of drug-likeness (QED) is 0.684. The molecule has 0 unspecified atom stereocenters. The van der Waals surface area contributed by atoms with Crippen molar-refractivity contribution in [3.8, 4) is 0 Å². The molecule has 62 valence electrons. The molecule has 0 bridgehead atoms. The van der Waals surface area contributed by atoms with Gasteiger partial charge in [-0.1, -0.05) is 13.3 Å². The summed E-state index contributed by atoms with van der Waals surface area (Å²) in [6, 6.07) is 0. The van der Waals surface area contributed by atoms with Crippen molar-refractivity contribution in [3.63, 3.8) is 0 Å². The molecule has 1 aromatic rings. The average molecular weight is 170 g/mol. The normalized spacial score (nSPS) is 10.3. The van der Waals surface area contributed by atoms with Crippen LogP contribution in [-0.4, -0.2) is 11.5 Å². The summed E-state index contributed by atoms with van der Waals surface area (Å²) in [7, 11) is 0. The number of aromatic nitrogens is 1. The summed E-state index contributed by atoms with van der Waals surface area (Å²) in [5.74, 6) is 0. The highest BCUT2D eigenvalue weighted by Crippen LogP contribution is 1.99. The van der Waals surface area contributed by atoms with Gasteiger partial charge in [0.15, 0.2) is 0 Å². The van der Waals surface area contributed by atoms with Crippen molar-refractivity contribution >= 4 is 11.3 Å². The molecule has 0 saturated carbocycles. The summed E-state index contributed by atoms with van der Waals surface area (Å²) in [4.78, 5) is 4.17. The van der Waals surface area contributed by atoms with Gasteiger partial charge >= 0.3 is 0 Å². The fourth-order valence-corrected chi connectivity index (χ4v) is 1.40. The second kappa shape index (κ2) is 5.27. The monoisotopic (exact) mass is 170 g/mol. The van der Waals surface area contributed by atoms with Crippen LogP contribution in [0.1, 0.15) is 25.5 Å².